The van der Waals surface area contributed by atoms with E-state index >= 15 is 0 Å². The van der Waals surface area contributed by atoms with Crippen molar-refractivity contribution in [3.63, 3.8) is 0 Å². The van der Waals surface area contributed by atoms with Crippen LogP contribution in [0.4, 0.5) is 26.3 Å². The molecule has 0 bridgehead atoms. The third-order valence-corrected chi connectivity index (χ3v) is 4.12. The number of hydrogen-bond donors (Lipinski definition) is 2. The predicted octanol–water partition coefficient (Wildman–Crippen LogP) is 6.47. The van der Waals surface area contributed by atoms with Gasteiger partial charge in [0.1, 0.15) is 11.5 Å². The summed E-state index contributed by atoms with van der Waals surface area (Å²) < 4.78 is 79.3. The van der Waals surface area contributed by atoms with E-state index in [4.69, 9.17) is 0 Å². The van der Waals surface area contributed by atoms with E-state index < -0.39 is 35.0 Å². The topological polar surface area (TPSA) is 40.5 Å². The average molecular weight is 398 g/mol. The van der Waals surface area contributed by atoms with E-state index in [-0.39, 0.29) is 22.3 Å². The summed E-state index contributed by atoms with van der Waals surface area (Å²) in [6, 6.07) is 10.6. The fraction of sp³-hybridized carbons (Fsp3) is 0.100. The van der Waals surface area contributed by atoms with Gasteiger partial charge in [-0.3, -0.25) is 0 Å². The first kappa shape index (κ1) is 19.6. The molecule has 0 aromatic heterocycles. The van der Waals surface area contributed by atoms with Crippen molar-refractivity contribution in [1.82, 2.24) is 0 Å². The van der Waals surface area contributed by atoms with Gasteiger partial charge >= 0.3 is 12.4 Å². The molecule has 3 rings (SSSR count). The summed E-state index contributed by atoms with van der Waals surface area (Å²) in [5.74, 6) is -1.10. The molecule has 0 aliphatic heterocycles. The fourth-order valence-corrected chi connectivity index (χ4v) is 2.87. The Morgan fingerprint density at radius 2 is 0.821 bits per heavy atom. The van der Waals surface area contributed by atoms with Gasteiger partial charge in [-0.2, -0.15) is 26.3 Å². The lowest BCUT2D eigenvalue weighted by molar-refractivity contribution is -0.138. The van der Waals surface area contributed by atoms with Gasteiger partial charge in [-0.15, -0.1) is 0 Å². The zero-order chi connectivity index (χ0) is 20.7. The lowest BCUT2D eigenvalue weighted by atomic mass is 9.94. The van der Waals surface area contributed by atoms with Crippen molar-refractivity contribution >= 4 is 0 Å². The summed E-state index contributed by atoms with van der Waals surface area (Å²) in [7, 11) is 0. The van der Waals surface area contributed by atoms with Gasteiger partial charge in [0, 0.05) is 0 Å². The van der Waals surface area contributed by atoms with Crippen molar-refractivity contribution in [1.29, 1.82) is 0 Å². The molecular weight excluding hydrogens is 386 g/mol. The Morgan fingerprint density at radius 1 is 0.500 bits per heavy atom. The molecule has 28 heavy (non-hydrogen) atoms. The predicted molar refractivity (Wildman–Crippen MR) is 90.6 cm³/mol. The molecule has 0 fully saturated rings. The number of rotatable bonds is 2. The van der Waals surface area contributed by atoms with E-state index in [1.807, 2.05) is 0 Å². The number of alkyl halides is 6. The molecule has 0 saturated carbocycles. The number of phenolic OH excluding ortho intramolecular Hbond substituents is 2. The Morgan fingerprint density at radius 3 is 1.11 bits per heavy atom. The minimum Gasteiger partial charge on any atom is -0.508 e. The molecular formula is C20H12F6O2. The normalized spacial score (nSPS) is 12.2. The van der Waals surface area contributed by atoms with E-state index in [0.717, 1.165) is 24.3 Å². The van der Waals surface area contributed by atoms with Gasteiger partial charge in [-0.1, -0.05) is 36.4 Å². The molecule has 146 valence electrons. The van der Waals surface area contributed by atoms with Crippen molar-refractivity contribution in [3.8, 4) is 33.8 Å². The number of hydrogen-bond acceptors (Lipinski definition) is 2. The van der Waals surface area contributed by atoms with Gasteiger partial charge in [-0.25, -0.2) is 0 Å². The molecule has 0 aliphatic carbocycles. The molecule has 0 unspecified atom stereocenters. The number of phenols is 2. The van der Waals surface area contributed by atoms with Crippen molar-refractivity contribution in [2.45, 2.75) is 12.4 Å². The highest BCUT2D eigenvalue weighted by molar-refractivity contribution is 5.75. The standard InChI is InChI=1S/C20H12F6O2/c21-19(22,23)17-9-13(27)5-7-15(17)11-1-2-12(4-3-11)16-8-6-14(28)10-18(16)20(24,25)26/h1-10,27-28H. The van der Waals surface area contributed by atoms with Crippen LogP contribution < -0.4 is 0 Å². The van der Waals surface area contributed by atoms with E-state index in [0.29, 0.717) is 12.1 Å². The van der Waals surface area contributed by atoms with Gasteiger partial charge in [0.25, 0.3) is 0 Å². The maximum atomic E-state index is 13.2. The van der Waals surface area contributed by atoms with E-state index in [1.165, 1.54) is 24.3 Å². The quantitative estimate of drug-likeness (QED) is 0.486. The largest absolute Gasteiger partial charge is 0.508 e. The number of halogens is 6. The van der Waals surface area contributed by atoms with Crippen LogP contribution in [-0.2, 0) is 12.4 Å². The molecule has 0 amide bonds. The van der Waals surface area contributed by atoms with Gasteiger partial charge in [0.2, 0.25) is 0 Å². The van der Waals surface area contributed by atoms with Crippen molar-refractivity contribution in [2.24, 2.45) is 0 Å². The average Bonchev–Trinajstić information content (AvgIpc) is 2.60. The Bertz CT molecular complexity index is 922. The Balaban J connectivity index is 2.08. The SMILES string of the molecule is Oc1ccc(-c2ccc(-c3ccc(O)cc3C(F)(F)F)cc2)c(C(F)(F)F)c1. The van der Waals surface area contributed by atoms with Crippen LogP contribution in [0.2, 0.25) is 0 Å². The molecule has 0 atom stereocenters. The summed E-state index contributed by atoms with van der Waals surface area (Å²) in [4.78, 5) is 0. The zero-order valence-corrected chi connectivity index (χ0v) is 13.9. The highest BCUT2D eigenvalue weighted by Gasteiger charge is 2.35. The fourth-order valence-electron chi connectivity index (χ4n) is 2.87. The molecule has 0 spiro atoms. The monoisotopic (exact) mass is 398 g/mol. The molecule has 2 nitrogen and oxygen atoms in total. The van der Waals surface area contributed by atoms with Crippen LogP contribution in [0.25, 0.3) is 22.3 Å². The second kappa shape index (κ2) is 6.78. The van der Waals surface area contributed by atoms with Gasteiger partial charge in [-0.05, 0) is 46.5 Å². The Kier molecular flexibility index (Phi) is 4.74. The van der Waals surface area contributed by atoms with Crippen molar-refractivity contribution in [3.05, 3.63) is 71.8 Å². The van der Waals surface area contributed by atoms with Crippen LogP contribution in [0.1, 0.15) is 11.1 Å². The molecule has 0 radical (unpaired) electrons. The lowest BCUT2D eigenvalue weighted by Gasteiger charge is -2.15. The summed E-state index contributed by atoms with van der Waals surface area (Å²) in [5.41, 5.74) is -2.27. The second-order valence-corrected chi connectivity index (χ2v) is 6.03. The van der Waals surface area contributed by atoms with Crippen LogP contribution in [0.3, 0.4) is 0 Å². The highest BCUT2D eigenvalue weighted by Crippen LogP contribution is 2.41. The first-order chi connectivity index (χ1) is 13.0. The molecule has 3 aromatic rings. The molecule has 3 aromatic carbocycles. The van der Waals surface area contributed by atoms with Crippen molar-refractivity contribution in [2.75, 3.05) is 0 Å². The first-order valence-electron chi connectivity index (χ1n) is 7.88. The Hall–Kier alpha value is -3.16. The van der Waals surface area contributed by atoms with Crippen LogP contribution in [-0.4, -0.2) is 10.2 Å². The third kappa shape index (κ3) is 3.90. The van der Waals surface area contributed by atoms with Crippen LogP contribution in [0, 0.1) is 0 Å². The number of aromatic hydroxyl groups is 2. The lowest BCUT2D eigenvalue weighted by Crippen LogP contribution is -2.07. The molecule has 0 aliphatic rings. The maximum absolute atomic E-state index is 13.2. The van der Waals surface area contributed by atoms with E-state index in [1.54, 1.807) is 0 Å². The summed E-state index contributed by atoms with van der Waals surface area (Å²) in [6.45, 7) is 0. The summed E-state index contributed by atoms with van der Waals surface area (Å²) in [6.07, 6.45) is -9.43. The highest BCUT2D eigenvalue weighted by atomic mass is 19.4. The maximum Gasteiger partial charge on any atom is 0.417 e. The second-order valence-electron chi connectivity index (χ2n) is 6.03. The van der Waals surface area contributed by atoms with E-state index in [2.05, 4.69) is 0 Å². The van der Waals surface area contributed by atoms with Crippen LogP contribution in [0.15, 0.2) is 60.7 Å². The minimum atomic E-state index is -4.72. The smallest absolute Gasteiger partial charge is 0.417 e. The molecule has 0 saturated heterocycles. The Labute approximate surface area is 155 Å². The minimum absolute atomic E-state index is 0.128. The van der Waals surface area contributed by atoms with E-state index in [9.17, 15) is 36.6 Å². The van der Waals surface area contributed by atoms with Crippen LogP contribution >= 0.6 is 0 Å². The third-order valence-electron chi connectivity index (χ3n) is 4.12. The van der Waals surface area contributed by atoms with Gasteiger partial charge in [0.15, 0.2) is 0 Å². The van der Waals surface area contributed by atoms with Gasteiger partial charge < -0.3 is 10.2 Å². The van der Waals surface area contributed by atoms with Crippen LogP contribution in [0.5, 0.6) is 11.5 Å². The molecule has 8 heteroatoms. The summed E-state index contributed by atoms with van der Waals surface area (Å²) in [5, 5.41) is 18.7. The van der Waals surface area contributed by atoms with Crippen molar-refractivity contribution < 1.29 is 36.6 Å². The van der Waals surface area contributed by atoms with Gasteiger partial charge in [0.05, 0.1) is 11.1 Å². The number of benzene rings is 3. The molecule has 0 heterocycles. The summed E-state index contributed by atoms with van der Waals surface area (Å²) >= 11 is 0. The zero-order valence-electron chi connectivity index (χ0n) is 13.9. The first-order valence-corrected chi connectivity index (χ1v) is 7.88. The molecule has 2 N–H and O–H groups in total.